The predicted molar refractivity (Wildman–Crippen MR) is 95.9 cm³/mol. The Kier molecular flexibility index (Phi) is 5.40. The summed E-state index contributed by atoms with van der Waals surface area (Å²) in [6.07, 6.45) is 4.74. The number of carbonyl (C=O) groups excluding carboxylic acids is 1. The standard InChI is InChI=1S/C19H24N4O2/c1-15-20-11-17(12-21-15)22-18(24)10-19(25)8-5-9-23(14-19)13-16-6-3-2-4-7-16/h2-4,6-7,11-12,25H,5,8-10,13-14H2,1H3,(H,22,24). The van der Waals surface area contributed by atoms with Gasteiger partial charge in [0, 0.05) is 13.1 Å². The smallest absolute Gasteiger partial charge is 0.227 e. The molecule has 1 aromatic heterocycles. The van der Waals surface area contributed by atoms with E-state index in [1.54, 1.807) is 19.3 Å². The molecule has 25 heavy (non-hydrogen) atoms. The van der Waals surface area contributed by atoms with Crippen molar-refractivity contribution in [3.8, 4) is 0 Å². The van der Waals surface area contributed by atoms with Gasteiger partial charge < -0.3 is 10.4 Å². The third kappa shape index (κ3) is 5.08. The van der Waals surface area contributed by atoms with E-state index in [1.165, 1.54) is 5.56 Å². The molecule has 1 unspecified atom stereocenters. The molecule has 1 aliphatic heterocycles. The summed E-state index contributed by atoms with van der Waals surface area (Å²) in [6.45, 7) is 4.01. The van der Waals surface area contributed by atoms with E-state index in [2.05, 4.69) is 32.3 Å². The van der Waals surface area contributed by atoms with Gasteiger partial charge in [-0.05, 0) is 31.9 Å². The second-order valence-corrected chi connectivity index (χ2v) is 6.77. The first-order valence-electron chi connectivity index (χ1n) is 8.60. The Bertz CT molecular complexity index is 705. The van der Waals surface area contributed by atoms with Crippen molar-refractivity contribution in [2.75, 3.05) is 18.4 Å². The van der Waals surface area contributed by atoms with Gasteiger partial charge in [0.1, 0.15) is 5.82 Å². The average molecular weight is 340 g/mol. The van der Waals surface area contributed by atoms with Crippen LogP contribution in [0.25, 0.3) is 0 Å². The molecule has 1 fully saturated rings. The van der Waals surface area contributed by atoms with Crippen molar-refractivity contribution in [3.05, 3.63) is 54.1 Å². The first-order valence-corrected chi connectivity index (χ1v) is 8.60. The number of likely N-dealkylation sites (tertiary alicyclic amines) is 1. The number of anilines is 1. The van der Waals surface area contributed by atoms with Crippen molar-refractivity contribution in [3.63, 3.8) is 0 Å². The van der Waals surface area contributed by atoms with Crippen molar-refractivity contribution in [2.45, 2.75) is 38.3 Å². The number of rotatable bonds is 5. The molecule has 6 nitrogen and oxygen atoms in total. The Hall–Kier alpha value is -2.31. The summed E-state index contributed by atoms with van der Waals surface area (Å²) >= 11 is 0. The molecule has 1 aliphatic rings. The number of aliphatic hydroxyl groups is 1. The second kappa shape index (κ2) is 7.72. The third-order valence-electron chi connectivity index (χ3n) is 4.44. The lowest BCUT2D eigenvalue weighted by atomic mass is 9.89. The number of aryl methyl sites for hydroxylation is 1. The Balaban J connectivity index is 1.56. The van der Waals surface area contributed by atoms with Crippen molar-refractivity contribution in [1.29, 1.82) is 0 Å². The molecular weight excluding hydrogens is 316 g/mol. The molecule has 1 aromatic carbocycles. The lowest BCUT2D eigenvalue weighted by Gasteiger charge is -2.39. The molecule has 0 aliphatic carbocycles. The molecule has 0 spiro atoms. The number of amides is 1. The molecule has 6 heteroatoms. The summed E-state index contributed by atoms with van der Waals surface area (Å²) in [4.78, 5) is 22.6. The van der Waals surface area contributed by atoms with E-state index in [4.69, 9.17) is 0 Å². The number of nitrogens with one attached hydrogen (secondary N) is 1. The maximum absolute atomic E-state index is 12.3. The van der Waals surface area contributed by atoms with Gasteiger partial charge in [-0.1, -0.05) is 30.3 Å². The molecular formula is C19H24N4O2. The van der Waals surface area contributed by atoms with Crippen LogP contribution in [0.3, 0.4) is 0 Å². The summed E-state index contributed by atoms with van der Waals surface area (Å²) in [6, 6.07) is 10.2. The number of piperidine rings is 1. The molecule has 2 aromatic rings. The number of hydrogen-bond donors (Lipinski definition) is 2. The fourth-order valence-corrected chi connectivity index (χ4v) is 3.29. The van der Waals surface area contributed by atoms with E-state index in [0.717, 1.165) is 19.5 Å². The van der Waals surface area contributed by atoms with E-state index in [0.29, 0.717) is 24.5 Å². The Morgan fingerprint density at radius 3 is 2.72 bits per heavy atom. The zero-order valence-electron chi connectivity index (χ0n) is 14.5. The van der Waals surface area contributed by atoms with E-state index >= 15 is 0 Å². The number of aromatic nitrogens is 2. The van der Waals surface area contributed by atoms with Crippen molar-refractivity contribution in [2.24, 2.45) is 0 Å². The summed E-state index contributed by atoms with van der Waals surface area (Å²) in [7, 11) is 0. The highest BCUT2D eigenvalue weighted by atomic mass is 16.3. The molecule has 0 radical (unpaired) electrons. The molecule has 1 saturated heterocycles. The summed E-state index contributed by atoms with van der Waals surface area (Å²) in [5.74, 6) is 0.442. The van der Waals surface area contributed by atoms with Crippen molar-refractivity contribution in [1.82, 2.24) is 14.9 Å². The highest BCUT2D eigenvalue weighted by Crippen LogP contribution is 2.26. The minimum Gasteiger partial charge on any atom is -0.388 e. The van der Waals surface area contributed by atoms with Gasteiger partial charge in [-0.15, -0.1) is 0 Å². The number of β-amino-alcohol motifs (C(OH)–C–C–N with tert-alkyl or cyclic N) is 1. The van der Waals surface area contributed by atoms with Crippen molar-refractivity contribution >= 4 is 11.6 Å². The molecule has 1 atom stereocenters. The number of benzene rings is 1. The van der Waals surface area contributed by atoms with Gasteiger partial charge in [-0.25, -0.2) is 9.97 Å². The first-order chi connectivity index (χ1) is 12.0. The number of hydrogen-bond acceptors (Lipinski definition) is 5. The third-order valence-corrected chi connectivity index (χ3v) is 4.44. The van der Waals surface area contributed by atoms with Crippen LogP contribution in [-0.2, 0) is 11.3 Å². The lowest BCUT2D eigenvalue weighted by molar-refractivity contribution is -0.123. The van der Waals surface area contributed by atoms with Gasteiger partial charge >= 0.3 is 0 Å². The van der Waals surface area contributed by atoms with Gasteiger partial charge in [0.15, 0.2) is 0 Å². The van der Waals surface area contributed by atoms with Gasteiger partial charge in [0.05, 0.1) is 30.1 Å². The van der Waals surface area contributed by atoms with Gasteiger partial charge in [-0.3, -0.25) is 9.69 Å². The molecule has 2 heterocycles. The maximum atomic E-state index is 12.3. The van der Waals surface area contributed by atoms with Crippen LogP contribution in [-0.4, -0.2) is 44.6 Å². The lowest BCUT2D eigenvalue weighted by Crippen LogP contribution is -2.49. The van der Waals surface area contributed by atoms with Crippen LogP contribution in [0.2, 0.25) is 0 Å². The Morgan fingerprint density at radius 2 is 2.00 bits per heavy atom. The summed E-state index contributed by atoms with van der Waals surface area (Å²) < 4.78 is 0. The highest BCUT2D eigenvalue weighted by molar-refractivity contribution is 5.91. The first kappa shape index (κ1) is 17.5. The monoisotopic (exact) mass is 340 g/mol. The molecule has 0 saturated carbocycles. The van der Waals surface area contributed by atoms with Gasteiger partial charge in [0.25, 0.3) is 0 Å². The summed E-state index contributed by atoms with van der Waals surface area (Å²) in [5.41, 5.74) is 0.770. The van der Waals surface area contributed by atoms with E-state index in [-0.39, 0.29) is 12.3 Å². The Morgan fingerprint density at radius 1 is 1.28 bits per heavy atom. The van der Waals surface area contributed by atoms with E-state index < -0.39 is 5.60 Å². The molecule has 3 rings (SSSR count). The fourth-order valence-electron chi connectivity index (χ4n) is 3.29. The van der Waals surface area contributed by atoms with Crippen molar-refractivity contribution < 1.29 is 9.90 Å². The van der Waals surface area contributed by atoms with Crippen LogP contribution in [0.4, 0.5) is 5.69 Å². The van der Waals surface area contributed by atoms with Crippen LogP contribution < -0.4 is 5.32 Å². The Labute approximate surface area is 147 Å². The van der Waals surface area contributed by atoms with Crippen LogP contribution in [0.1, 0.15) is 30.7 Å². The highest BCUT2D eigenvalue weighted by Gasteiger charge is 2.35. The van der Waals surface area contributed by atoms with E-state index in [1.807, 2.05) is 18.2 Å². The predicted octanol–water partition coefficient (Wildman–Crippen LogP) is 2.14. The van der Waals surface area contributed by atoms with E-state index in [9.17, 15) is 9.90 Å². The van der Waals surface area contributed by atoms with Gasteiger partial charge in [0.2, 0.25) is 5.91 Å². The normalized spacial score (nSPS) is 21.0. The topological polar surface area (TPSA) is 78.3 Å². The quantitative estimate of drug-likeness (QED) is 0.872. The second-order valence-electron chi connectivity index (χ2n) is 6.77. The zero-order chi connectivity index (χ0) is 17.7. The number of nitrogens with zero attached hydrogens (tertiary/aromatic N) is 3. The molecule has 1 amide bonds. The molecule has 2 N–H and O–H groups in total. The largest absolute Gasteiger partial charge is 0.388 e. The SMILES string of the molecule is Cc1ncc(NC(=O)CC2(O)CCCN(Cc3ccccc3)C2)cn1. The van der Waals surface area contributed by atoms with Gasteiger partial charge in [-0.2, -0.15) is 0 Å². The minimum absolute atomic E-state index is 0.0756. The zero-order valence-corrected chi connectivity index (χ0v) is 14.5. The number of carbonyl (C=O) groups is 1. The summed E-state index contributed by atoms with van der Waals surface area (Å²) in [5, 5.41) is 13.6. The van der Waals surface area contributed by atoms with Crippen LogP contribution in [0.5, 0.6) is 0 Å². The average Bonchev–Trinajstić information content (AvgIpc) is 2.57. The molecule has 132 valence electrons. The molecule has 0 bridgehead atoms. The minimum atomic E-state index is -0.997. The maximum Gasteiger partial charge on any atom is 0.227 e. The fraction of sp³-hybridized carbons (Fsp3) is 0.421. The van der Waals surface area contributed by atoms with Crippen LogP contribution >= 0.6 is 0 Å². The van der Waals surface area contributed by atoms with Crippen LogP contribution in [0.15, 0.2) is 42.7 Å². The van der Waals surface area contributed by atoms with Crippen LogP contribution in [0, 0.1) is 6.92 Å².